The SMILES string of the molecule is COc1ccc2cc1OCCCN(S(=O)(=O)c1cn(C)cn1)CCCCN(C(=O)Cn1cc3ccccc3n1)CCn1ccnc1-2. The van der Waals surface area contributed by atoms with Gasteiger partial charge in [0, 0.05) is 75.5 Å². The number of aromatic nitrogens is 6. The average Bonchev–Trinajstić information content (AvgIpc) is 3.80. The quantitative estimate of drug-likeness (QED) is 0.284. The Kier molecular flexibility index (Phi) is 9.35. The van der Waals surface area contributed by atoms with Gasteiger partial charge in [-0.25, -0.2) is 18.4 Å². The summed E-state index contributed by atoms with van der Waals surface area (Å²) in [7, 11) is -0.509. The summed E-state index contributed by atoms with van der Waals surface area (Å²) in [5.41, 5.74) is 1.67. The van der Waals surface area contributed by atoms with Gasteiger partial charge in [0.1, 0.15) is 12.4 Å². The summed E-state index contributed by atoms with van der Waals surface area (Å²) >= 11 is 0. The molecule has 0 aliphatic carbocycles. The number of hydrogen-bond donors (Lipinski definition) is 0. The minimum atomic E-state index is -3.83. The van der Waals surface area contributed by atoms with Crippen molar-refractivity contribution in [1.29, 1.82) is 0 Å². The molecule has 0 radical (unpaired) electrons. The summed E-state index contributed by atoms with van der Waals surface area (Å²) < 4.78 is 45.6. The predicted octanol–water partition coefficient (Wildman–Crippen LogP) is 3.42. The second kappa shape index (κ2) is 13.7. The molecule has 5 aromatic rings. The van der Waals surface area contributed by atoms with E-state index in [2.05, 4.69) is 15.1 Å². The second-order valence-corrected chi connectivity index (χ2v) is 13.2. The van der Waals surface area contributed by atoms with Crippen molar-refractivity contribution >= 4 is 26.8 Å². The van der Waals surface area contributed by atoms with Crippen LogP contribution >= 0.6 is 0 Å². The highest BCUT2D eigenvalue weighted by molar-refractivity contribution is 7.89. The van der Waals surface area contributed by atoms with E-state index in [1.165, 1.54) is 16.8 Å². The van der Waals surface area contributed by atoms with Crippen molar-refractivity contribution in [3.63, 3.8) is 0 Å². The Morgan fingerprint density at radius 2 is 1.80 bits per heavy atom. The van der Waals surface area contributed by atoms with E-state index in [-0.39, 0.29) is 37.2 Å². The van der Waals surface area contributed by atoms with Crippen LogP contribution < -0.4 is 9.47 Å². The van der Waals surface area contributed by atoms with Gasteiger partial charge >= 0.3 is 0 Å². The van der Waals surface area contributed by atoms with Crippen molar-refractivity contribution in [3.05, 3.63) is 73.6 Å². The number of carbonyl (C=O) groups is 1. The number of hydrogen-bond acceptors (Lipinski definition) is 8. The maximum absolute atomic E-state index is 13.7. The normalized spacial score (nSPS) is 15.7. The summed E-state index contributed by atoms with van der Waals surface area (Å²) in [5.74, 6) is 1.79. The van der Waals surface area contributed by atoms with Crippen molar-refractivity contribution in [1.82, 2.24) is 38.1 Å². The van der Waals surface area contributed by atoms with Crippen molar-refractivity contribution in [2.75, 3.05) is 39.9 Å². The first kappa shape index (κ1) is 31.3. The standard InChI is InChI=1S/C32H38N8O5S/c1-36-22-30(34-24-36)46(42,43)40-14-6-5-13-37(31(41)23-39-21-26-8-3-4-9-27(26)35-39)17-18-38-16-12-33-32(38)25-10-11-28(44-2)29(20-25)45-19-7-15-40/h3-4,8-12,16,20-22,24H,5-7,13-15,17-19,23H2,1-2H3. The van der Waals surface area contributed by atoms with Crippen molar-refractivity contribution in [2.45, 2.75) is 37.4 Å². The molecular weight excluding hydrogens is 608 g/mol. The van der Waals surface area contributed by atoms with E-state index in [4.69, 9.17) is 9.47 Å². The number of nitrogens with zero attached hydrogens (tertiary/aromatic N) is 8. The third-order valence-corrected chi connectivity index (χ3v) is 9.82. The molecule has 0 spiro atoms. The van der Waals surface area contributed by atoms with Crippen LogP contribution in [0.15, 0.2) is 78.6 Å². The molecule has 2 bridgehead atoms. The Morgan fingerprint density at radius 1 is 0.978 bits per heavy atom. The minimum absolute atomic E-state index is 0.00835. The van der Waals surface area contributed by atoms with Gasteiger partial charge in [0.2, 0.25) is 5.91 Å². The highest BCUT2D eigenvalue weighted by atomic mass is 32.2. The number of rotatable bonds is 5. The molecule has 4 heterocycles. The number of aryl methyl sites for hydroxylation is 1. The molecular formula is C32H38N8O5S. The Labute approximate surface area is 268 Å². The first-order valence-electron chi connectivity index (χ1n) is 15.3. The third kappa shape index (κ3) is 6.92. The number of benzene rings is 2. The molecule has 1 amide bonds. The molecule has 0 atom stereocenters. The molecule has 6 rings (SSSR count). The molecule has 242 valence electrons. The van der Waals surface area contributed by atoms with Gasteiger partial charge in [0.25, 0.3) is 10.0 Å². The lowest BCUT2D eigenvalue weighted by Crippen LogP contribution is -2.38. The average molecular weight is 647 g/mol. The van der Waals surface area contributed by atoms with Gasteiger partial charge in [-0.1, -0.05) is 18.2 Å². The number of carbonyl (C=O) groups excluding carboxylic acids is 1. The number of methoxy groups -OCH3 is 1. The fourth-order valence-corrected chi connectivity index (χ4v) is 7.11. The number of sulfonamides is 1. The summed E-state index contributed by atoms with van der Waals surface area (Å²) in [4.78, 5) is 24.2. The van der Waals surface area contributed by atoms with Crippen LogP contribution in [-0.2, 0) is 35.0 Å². The fraction of sp³-hybridized carbons (Fsp3) is 0.375. The van der Waals surface area contributed by atoms with Crippen molar-refractivity contribution in [3.8, 4) is 22.9 Å². The predicted molar refractivity (Wildman–Crippen MR) is 172 cm³/mol. The zero-order valence-electron chi connectivity index (χ0n) is 26.0. The van der Waals surface area contributed by atoms with Gasteiger partial charge in [-0.2, -0.15) is 9.40 Å². The molecule has 0 saturated carbocycles. The van der Waals surface area contributed by atoms with Gasteiger partial charge in [-0.05, 0) is 43.5 Å². The van der Waals surface area contributed by atoms with Crippen molar-refractivity contribution in [2.24, 2.45) is 7.05 Å². The van der Waals surface area contributed by atoms with Crippen LogP contribution in [0.4, 0.5) is 0 Å². The number of imidazole rings is 2. The molecule has 1 aliphatic rings. The zero-order chi connectivity index (χ0) is 32.1. The van der Waals surface area contributed by atoms with E-state index < -0.39 is 10.0 Å². The monoisotopic (exact) mass is 646 g/mol. The van der Waals surface area contributed by atoms with E-state index in [0.717, 1.165) is 22.3 Å². The van der Waals surface area contributed by atoms with Crippen LogP contribution in [0.5, 0.6) is 11.5 Å². The highest BCUT2D eigenvalue weighted by Crippen LogP contribution is 2.32. The number of fused-ring (bicyclic) bond motifs is 5. The molecule has 0 fully saturated rings. The van der Waals surface area contributed by atoms with E-state index in [0.29, 0.717) is 50.4 Å². The van der Waals surface area contributed by atoms with Gasteiger partial charge in [0.05, 0.1) is 25.6 Å². The number of amides is 1. The van der Waals surface area contributed by atoms with Crippen LogP contribution in [0, 0.1) is 0 Å². The van der Waals surface area contributed by atoms with E-state index in [1.807, 2.05) is 64.3 Å². The van der Waals surface area contributed by atoms with Gasteiger partial charge in [-0.15, -0.1) is 0 Å². The highest BCUT2D eigenvalue weighted by Gasteiger charge is 2.27. The molecule has 46 heavy (non-hydrogen) atoms. The fourth-order valence-electron chi connectivity index (χ4n) is 5.62. The second-order valence-electron chi connectivity index (χ2n) is 11.3. The summed E-state index contributed by atoms with van der Waals surface area (Å²) in [5, 5.41) is 5.56. The third-order valence-electron chi connectivity index (χ3n) is 8.04. The minimum Gasteiger partial charge on any atom is -0.493 e. The Hall–Kier alpha value is -4.69. The van der Waals surface area contributed by atoms with E-state index in [1.54, 1.807) is 29.6 Å². The van der Waals surface area contributed by atoms with Crippen LogP contribution in [0.25, 0.3) is 22.3 Å². The Balaban J connectivity index is 1.27. The molecule has 13 nitrogen and oxygen atoms in total. The van der Waals surface area contributed by atoms with Gasteiger partial charge in [-0.3, -0.25) is 9.48 Å². The lowest BCUT2D eigenvalue weighted by atomic mass is 10.2. The molecule has 0 unspecified atom stereocenters. The molecule has 3 aromatic heterocycles. The molecule has 0 saturated heterocycles. The topological polar surface area (TPSA) is 130 Å². The maximum atomic E-state index is 13.7. The van der Waals surface area contributed by atoms with Crippen LogP contribution in [0.3, 0.4) is 0 Å². The van der Waals surface area contributed by atoms with Gasteiger partial charge in [0.15, 0.2) is 16.5 Å². The molecule has 0 N–H and O–H groups in total. The summed E-state index contributed by atoms with van der Waals surface area (Å²) in [6.07, 6.45) is 10.1. The van der Waals surface area contributed by atoms with E-state index in [9.17, 15) is 13.2 Å². The summed E-state index contributed by atoms with van der Waals surface area (Å²) in [6, 6.07) is 13.4. The van der Waals surface area contributed by atoms with Crippen LogP contribution in [0.1, 0.15) is 19.3 Å². The van der Waals surface area contributed by atoms with Crippen molar-refractivity contribution < 1.29 is 22.7 Å². The largest absolute Gasteiger partial charge is 0.493 e. The Morgan fingerprint density at radius 3 is 2.61 bits per heavy atom. The molecule has 1 aliphatic heterocycles. The smallest absolute Gasteiger partial charge is 0.262 e. The van der Waals surface area contributed by atoms with Crippen LogP contribution in [-0.4, -0.2) is 92.3 Å². The Bertz CT molecular complexity index is 1880. The lowest BCUT2D eigenvalue weighted by Gasteiger charge is -2.25. The lowest BCUT2D eigenvalue weighted by molar-refractivity contribution is -0.132. The maximum Gasteiger partial charge on any atom is 0.262 e. The number of ether oxygens (including phenoxy) is 2. The first-order valence-corrected chi connectivity index (χ1v) is 16.8. The zero-order valence-corrected chi connectivity index (χ0v) is 26.8. The van der Waals surface area contributed by atoms with Gasteiger partial charge < -0.3 is 23.5 Å². The molecule has 14 heteroatoms. The van der Waals surface area contributed by atoms with Crippen LogP contribution in [0.2, 0.25) is 0 Å². The van der Waals surface area contributed by atoms with E-state index >= 15 is 0 Å². The molecule has 2 aromatic carbocycles. The summed E-state index contributed by atoms with van der Waals surface area (Å²) in [6.45, 7) is 2.36. The first-order chi connectivity index (χ1) is 22.3.